The number of ether oxygens (including phenoxy) is 1. The Morgan fingerprint density at radius 2 is 2.31 bits per heavy atom. The normalized spacial score (nSPS) is 10.4. The molecule has 0 N–H and O–H groups in total. The van der Waals surface area contributed by atoms with E-state index in [1.54, 1.807) is 29.9 Å². The van der Waals surface area contributed by atoms with E-state index in [2.05, 4.69) is 5.10 Å². The van der Waals surface area contributed by atoms with Gasteiger partial charge < -0.3 is 4.74 Å². The fraction of sp³-hybridized carbons (Fsp3) is 0.250. The molecule has 84 valence electrons. The minimum absolute atomic E-state index is 0.239. The van der Waals surface area contributed by atoms with E-state index in [4.69, 9.17) is 4.74 Å². The molecule has 16 heavy (non-hydrogen) atoms. The first-order valence-corrected chi connectivity index (χ1v) is 5.12. The van der Waals surface area contributed by atoms with E-state index in [0.717, 1.165) is 0 Å². The Kier molecular flexibility index (Phi) is 3.19. The molecule has 0 bridgehead atoms. The highest BCUT2D eigenvalue weighted by atomic mass is 19.1. The Labute approximate surface area is 93.5 Å². The second kappa shape index (κ2) is 4.79. The first-order valence-electron chi connectivity index (χ1n) is 5.12. The molecule has 0 atom stereocenters. The van der Waals surface area contributed by atoms with Crippen LogP contribution in [0.5, 0.6) is 5.75 Å². The molecule has 0 aliphatic rings. The van der Waals surface area contributed by atoms with Gasteiger partial charge in [0.25, 0.3) is 0 Å². The van der Waals surface area contributed by atoms with Crippen LogP contribution >= 0.6 is 0 Å². The van der Waals surface area contributed by atoms with Crippen molar-refractivity contribution in [3.8, 4) is 5.75 Å². The van der Waals surface area contributed by atoms with Crippen molar-refractivity contribution in [3.63, 3.8) is 0 Å². The number of aromatic nitrogens is 2. The van der Waals surface area contributed by atoms with Gasteiger partial charge in [0, 0.05) is 18.5 Å². The molecule has 0 aliphatic heterocycles. The van der Waals surface area contributed by atoms with Gasteiger partial charge in [0.05, 0.1) is 6.54 Å². The summed E-state index contributed by atoms with van der Waals surface area (Å²) in [6.45, 7) is 2.86. The number of hydrogen-bond donors (Lipinski definition) is 0. The van der Waals surface area contributed by atoms with E-state index in [0.29, 0.717) is 24.5 Å². The molecule has 3 nitrogen and oxygen atoms in total. The number of nitrogens with zero attached hydrogens (tertiary/aromatic N) is 2. The Balaban J connectivity index is 1.87. The molecular formula is C12H13FN2O. The quantitative estimate of drug-likeness (QED) is 0.791. The van der Waals surface area contributed by atoms with Gasteiger partial charge in [-0.25, -0.2) is 4.39 Å². The summed E-state index contributed by atoms with van der Waals surface area (Å²) in [5.74, 6) is 0.312. The average molecular weight is 220 g/mol. The van der Waals surface area contributed by atoms with Gasteiger partial charge in [-0.05, 0) is 24.6 Å². The molecule has 0 radical (unpaired) electrons. The topological polar surface area (TPSA) is 27.1 Å². The lowest BCUT2D eigenvalue weighted by molar-refractivity contribution is 0.290. The van der Waals surface area contributed by atoms with Gasteiger partial charge in [-0.15, -0.1) is 0 Å². The Morgan fingerprint density at radius 1 is 1.44 bits per heavy atom. The van der Waals surface area contributed by atoms with Gasteiger partial charge in [0.2, 0.25) is 0 Å². The summed E-state index contributed by atoms with van der Waals surface area (Å²) in [5.41, 5.74) is 0.624. The van der Waals surface area contributed by atoms with Crippen molar-refractivity contribution in [2.45, 2.75) is 13.5 Å². The largest absolute Gasteiger partial charge is 0.492 e. The standard InChI is InChI=1S/C12H13FN2O/c1-10-3-4-11(9-12(10)13)16-8-7-15-6-2-5-14-15/h2-6,9H,7-8H2,1H3. The average Bonchev–Trinajstić information content (AvgIpc) is 2.76. The van der Waals surface area contributed by atoms with E-state index in [-0.39, 0.29) is 5.82 Å². The van der Waals surface area contributed by atoms with Gasteiger partial charge in [0.1, 0.15) is 18.2 Å². The van der Waals surface area contributed by atoms with Crippen molar-refractivity contribution in [3.05, 3.63) is 48.0 Å². The predicted octanol–water partition coefficient (Wildman–Crippen LogP) is 2.41. The molecule has 0 amide bonds. The van der Waals surface area contributed by atoms with Crippen molar-refractivity contribution in [2.75, 3.05) is 6.61 Å². The van der Waals surface area contributed by atoms with Crippen LogP contribution in [0.15, 0.2) is 36.7 Å². The molecule has 0 spiro atoms. The highest BCUT2D eigenvalue weighted by Gasteiger charge is 2.00. The van der Waals surface area contributed by atoms with Crippen LogP contribution in [0, 0.1) is 12.7 Å². The lowest BCUT2D eigenvalue weighted by atomic mass is 10.2. The van der Waals surface area contributed by atoms with Gasteiger partial charge in [-0.2, -0.15) is 5.10 Å². The Hall–Kier alpha value is -1.84. The first-order chi connectivity index (χ1) is 7.75. The van der Waals surface area contributed by atoms with Crippen LogP contribution in [-0.4, -0.2) is 16.4 Å². The Bertz CT molecular complexity index is 454. The minimum Gasteiger partial charge on any atom is -0.492 e. The minimum atomic E-state index is -0.239. The number of hydrogen-bond acceptors (Lipinski definition) is 2. The zero-order valence-electron chi connectivity index (χ0n) is 9.06. The fourth-order valence-corrected chi connectivity index (χ4v) is 1.35. The van der Waals surface area contributed by atoms with Crippen LogP contribution < -0.4 is 4.74 Å². The highest BCUT2D eigenvalue weighted by Crippen LogP contribution is 2.15. The Morgan fingerprint density at radius 3 is 3.00 bits per heavy atom. The van der Waals surface area contributed by atoms with E-state index in [1.807, 2.05) is 12.3 Å². The third kappa shape index (κ3) is 2.59. The van der Waals surface area contributed by atoms with E-state index in [9.17, 15) is 4.39 Å². The molecule has 0 saturated heterocycles. The molecule has 2 rings (SSSR count). The summed E-state index contributed by atoms with van der Waals surface area (Å²) in [5, 5.41) is 4.04. The lowest BCUT2D eigenvalue weighted by Crippen LogP contribution is -2.08. The van der Waals surface area contributed by atoms with Crippen molar-refractivity contribution in [1.82, 2.24) is 9.78 Å². The molecule has 1 heterocycles. The summed E-state index contributed by atoms with van der Waals surface area (Å²) in [4.78, 5) is 0. The third-order valence-electron chi connectivity index (χ3n) is 2.29. The zero-order valence-corrected chi connectivity index (χ0v) is 9.06. The smallest absolute Gasteiger partial charge is 0.129 e. The van der Waals surface area contributed by atoms with Crippen LogP contribution in [0.2, 0.25) is 0 Å². The summed E-state index contributed by atoms with van der Waals surface area (Å²) in [6, 6.07) is 6.73. The highest BCUT2D eigenvalue weighted by molar-refractivity contribution is 5.27. The van der Waals surface area contributed by atoms with E-state index >= 15 is 0 Å². The molecule has 0 saturated carbocycles. The van der Waals surface area contributed by atoms with Crippen molar-refractivity contribution >= 4 is 0 Å². The molecular weight excluding hydrogens is 207 g/mol. The number of aryl methyl sites for hydroxylation is 1. The molecule has 4 heteroatoms. The fourth-order valence-electron chi connectivity index (χ4n) is 1.35. The second-order valence-corrected chi connectivity index (χ2v) is 3.53. The molecule has 0 aliphatic carbocycles. The predicted molar refractivity (Wildman–Crippen MR) is 58.9 cm³/mol. The van der Waals surface area contributed by atoms with E-state index < -0.39 is 0 Å². The molecule has 1 aromatic heterocycles. The number of halogens is 1. The summed E-state index contributed by atoms with van der Waals surface area (Å²) in [7, 11) is 0. The lowest BCUT2D eigenvalue weighted by Gasteiger charge is -2.07. The van der Waals surface area contributed by atoms with E-state index in [1.165, 1.54) is 6.07 Å². The number of benzene rings is 1. The van der Waals surface area contributed by atoms with Crippen molar-refractivity contribution < 1.29 is 9.13 Å². The summed E-state index contributed by atoms with van der Waals surface area (Å²) in [6.07, 6.45) is 3.57. The van der Waals surface area contributed by atoms with Crippen LogP contribution in [0.4, 0.5) is 4.39 Å². The van der Waals surface area contributed by atoms with Crippen LogP contribution in [-0.2, 0) is 6.54 Å². The summed E-state index contributed by atoms with van der Waals surface area (Å²) < 4.78 is 20.4. The van der Waals surface area contributed by atoms with Gasteiger partial charge in [-0.1, -0.05) is 6.07 Å². The second-order valence-electron chi connectivity index (χ2n) is 3.53. The third-order valence-corrected chi connectivity index (χ3v) is 2.29. The maximum Gasteiger partial charge on any atom is 0.129 e. The maximum absolute atomic E-state index is 13.2. The monoisotopic (exact) mass is 220 g/mol. The molecule has 2 aromatic rings. The molecule has 0 fully saturated rings. The van der Waals surface area contributed by atoms with Gasteiger partial charge >= 0.3 is 0 Å². The molecule has 1 aromatic carbocycles. The van der Waals surface area contributed by atoms with Gasteiger partial charge in [-0.3, -0.25) is 4.68 Å². The summed E-state index contributed by atoms with van der Waals surface area (Å²) >= 11 is 0. The van der Waals surface area contributed by atoms with Crippen LogP contribution in [0.3, 0.4) is 0 Å². The first kappa shape index (κ1) is 10.7. The zero-order chi connectivity index (χ0) is 11.4. The van der Waals surface area contributed by atoms with Crippen LogP contribution in [0.25, 0.3) is 0 Å². The van der Waals surface area contributed by atoms with Gasteiger partial charge in [0.15, 0.2) is 0 Å². The van der Waals surface area contributed by atoms with Crippen molar-refractivity contribution in [2.24, 2.45) is 0 Å². The SMILES string of the molecule is Cc1ccc(OCCn2cccn2)cc1F. The van der Waals surface area contributed by atoms with Crippen LogP contribution in [0.1, 0.15) is 5.56 Å². The maximum atomic E-state index is 13.2. The van der Waals surface area contributed by atoms with Crippen molar-refractivity contribution in [1.29, 1.82) is 0 Å². The molecule has 0 unspecified atom stereocenters. The number of rotatable bonds is 4.